The first-order valence-corrected chi connectivity index (χ1v) is 13.9. The van der Waals surface area contributed by atoms with Crippen LogP contribution in [0.1, 0.15) is 51.5 Å². The largest absolute Gasteiger partial charge is 0.341 e. The number of rotatable bonds is 8. The Morgan fingerprint density at radius 2 is 1.80 bits per heavy atom. The van der Waals surface area contributed by atoms with Gasteiger partial charge in [0, 0.05) is 13.1 Å². The molecule has 1 aromatic rings. The molecule has 1 amide bonds. The number of hydrogen-bond donors (Lipinski definition) is 0. The van der Waals surface area contributed by atoms with Gasteiger partial charge >= 0.3 is 0 Å². The fraction of sp³-hybridized carbons (Fsp3) is 0.696. The number of thioether (sulfide) groups is 2. The molecule has 0 N–H and O–H groups in total. The van der Waals surface area contributed by atoms with Crippen molar-refractivity contribution in [3.8, 4) is 0 Å². The zero-order valence-corrected chi connectivity index (χ0v) is 21.5. The van der Waals surface area contributed by atoms with Crippen LogP contribution in [0.2, 0.25) is 10.0 Å². The average molecular weight is 490 g/mol. The fourth-order valence-corrected chi connectivity index (χ4v) is 8.95. The molecule has 30 heavy (non-hydrogen) atoms. The second-order valence-corrected chi connectivity index (χ2v) is 12.5. The van der Waals surface area contributed by atoms with Gasteiger partial charge < -0.3 is 4.90 Å². The maximum absolute atomic E-state index is 13.3. The van der Waals surface area contributed by atoms with Crippen LogP contribution < -0.4 is 0 Å². The minimum atomic E-state index is 0.168. The lowest BCUT2D eigenvalue weighted by atomic mass is 9.86. The van der Waals surface area contributed by atoms with Gasteiger partial charge in [0.15, 0.2) is 0 Å². The molecule has 2 fully saturated rings. The number of likely N-dealkylation sites (tertiary alicyclic amines) is 1. The first-order chi connectivity index (χ1) is 14.4. The minimum absolute atomic E-state index is 0.168. The smallest absolute Gasteiger partial charge is 0.227 e. The van der Waals surface area contributed by atoms with E-state index in [0.717, 1.165) is 36.6 Å². The predicted molar refractivity (Wildman–Crippen MR) is 134 cm³/mol. The molecular formula is C23H34Cl2N2OS2. The second-order valence-electron chi connectivity index (χ2n) is 8.26. The highest BCUT2D eigenvalue weighted by atomic mass is 35.5. The SMILES string of the molecule is CCSC1(SCC)CCCC(N(C)C(=O)Cc2ccc(Cl)c(Cl)c2)C1N1CCCC1. The van der Waals surface area contributed by atoms with Crippen LogP contribution in [-0.4, -0.2) is 63.5 Å². The van der Waals surface area contributed by atoms with Crippen molar-refractivity contribution in [1.29, 1.82) is 0 Å². The molecule has 3 nitrogen and oxygen atoms in total. The Balaban J connectivity index is 1.84. The summed E-state index contributed by atoms with van der Waals surface area (Å²) in [6.07, 6.45) is 6.41. The van der Waals surface area contributed by atoms with Crippen molar-refractivity contribution < 1.29 is 4.79 Å². The van der Waals surface area contributed by atoms with Gasteiger partial charge in [0.2, 0.25) is 5.91 Å². The Morgan fingerprint density at radius 3 is 2.40 bits per heavy atom. The molecule has 0 spiro atoms. The summed E-state index contributed by atoms with van der Waals surface area (Å²) in [7, 11) is 2.01. The summed E-state index contributed by atoms with van der Waals surface area (Å²) in [6.45, 7) is 6.86. The van der Waals surface area contributed by atoms with Crippen LogP contribution in [0.4, 0.5) is 0 Å². The van der Waals surface area contributed by atoms with Gasteiger partial charge in [-0.15, -0.1) is 23.5 Å². The second kappa shape index (κ2) is 11.2. The van der Waals surface area contributed by atoms with E-state index in [4.69, 9.17) is 23.2 Å². The first kappa shape index (κ1) is 24.6. The third-order valence-corrected chi connectivity index (χ3v) is 10.3. The standard InChI is InChI=1S/C23H34Cl2N2OS2/c1-4-29-23(30-5-2)12-8-9-20(22(23)27-13-6-7-14-27)26(3)21(28)16-17-10-11-18(24)19(25)15-17/h10-11,15,20,22H,4-9,12-14,16H2,1-3H3. The van der Waals surface area contributed by atoms with Crippen molar-refractivity contribution in [3.63, 3.8) is 0 Å². The topological polar surface area (TPSA) is 23.6 Å². The quantitative estimate of drug-likeness (QED) is 0.405. The third-order valence-electron chi connectivity index (χ3n) is 6.38. The molecule has 7 heteroatoms. The average Bonchev–Trinajstić information content (AvgIpc) is 3.24. The van der Waals surface area contributed by atoms with E-state index >= 15 is 0 Å². The van der Waals surface area contributed by atoms with Gasteiger partial charge in [0.25, 0.3) is 0 Å². The Labute approximate surface area is 200 Å². The zero-order chi connectivity index (χ0) is 21.7. The number of amides is 1. The fourth-order valence-electron chi connectivity index (χ4n) is 5.08. The Kier molecular flexibility index (Phi) is 9.16. The van der Waals surface area contributed by atoms with Crippen molar-refractivity contribution in [1.82, 2.24) is 9.80 Å². The van der Waals surface area contributed by atoms with Gasteiger partial charge in [0.05, 0.1) is 26.6 Å². The van der Waals surface area contributed by atoms with E-state index in [1.807, 2.05) is 24.1 Å². The normalized spacial score (nSPS) is 24.2. The van der Waals surface area contributed by atoms with Crippen LogP contribution in [0.15, 0.2) is 18.2 Å². The van der Waals surface area contributed by atoms with Gasteiger partial charge in [-0.1, -0.05) is 43.1 Å². The van der Waals surface area contributed by atoms with Crippen molar-refractivity contribution in [2.24, 2.45) is 0 Å². The number of benzene rings is 1. The molecule has 0 aromatic heterocycles. The summed E-state index contributed by atoms with van der Waals surface area (Å²) < 4.78 is 0.175. The number of nitrogens with zero attached hydrogens (tertiary/aromatic N) is 2. The van der Waals surface area contributed by atoms with Crippen LogP contribution in [-0.2, 0) is 11.2 Å². The highest BCUT2D eigenvalue weighted by molar-refractivity contribution is 8.18. The van der Waals surface area contributed by atoms with Crippen LogP contribution >= 0.6 is 46.7 Å². The van der Waals surface area contributed by atoms with E-state index in [9.17, 15) is 4.79 Å². The molecule has 1 aliphatic heterocycles. The number of halogens is 2. The van der Waals surface area contributed by atoms with E-state index in [2.05, 4.69) is 42.3 Å². The summed E-state index contributed by atoms with van der Waals surface area (Å²) in [5, 5.41) is 1.04. The lowest BCUT2D eigenvalue weighted by molar-refractivity contribution is -0.133. The lowest BCUT2D eigenvalue weighted by Crippen LogP contribution is -2.62. The van der Waals surface area contributed by atoms with Crippen LogP contribution in [0.25, 0.3) is 0 Å². The van der Waals surface area contributed by atoms with Crippen molar-refractivity contribution in [3.05, 3.63) is 33.8 Å². The van der Waals surface area contributed by atoms with Crippen LogP contribution in [0.3, 0.4) is 0 Å². The summed E-state index contributed by atoms with van der Waals surface area (Å²) in [4.78, 5) is 18.1. The number of carbonyl (C=O) groups excluding carboxylic acids is 1. The maximum atomic E-state index is 13.3. The van der Waals surface area contributed by atoms with Gasteiger partial charge in [-0.3, -0.25) is 9.69 Å². The van der Waals surface area contributed by atoms with Gasteiger partial charge in [-0.25, -0.2) is 0 Å². The van der Waals surface area contributed by atoms with E-state index in [0.29, 0.717) is 22.5 Å². The molecular weight excluding hydrogens is 455 g/mol. The van der Waals surface area contributed by atoms with Crippen LogP contribution in [0.5, 0.6) is 0 Å². The molecule has 1 aliphatic carbocycles. The molecule has 3 rings (SSSR count). The maximum Gasteiger partial charge on any atom is 0.227 e. The molecule has 0 radical (unpaired) electrons. The summed E-state index contributed by atoms with van der Waals surface area (Å²) in [6, 6.07) is 6.17. The zero-order valence-electron chi connectivity index (χ0n) is 18.3. The van der Waals surface area contributed by atoms with Crippen LogP contribution in [0, 0.1) is 0 Å². The number of likely N-dealkylation sites (N-methyl/N-ethyl adjacent to an activating group) is 1. The van der Waals surface area contributed by atoms with Crippen molar-refractivity contribution in [2.75, 3.05) is 31.6 Å². The van der Waals surface area contributed by atoms with E-state index < -0.39 is 0 Å². The summed E-state index contributed by atoms with van der Waals surface area (Å²) in [5.41, 5.74) is 0.923. The van der Waals surface area contributed by atoms with Crippen molar-refractivity contribution >= 4 is 52.6 Å². The number of carbonyl (C=O) groups is 1. The highest BCUT2D eigenvalue weighted by Gasteiger charge is 2.51. The highest BCUT2D eigenvalue weighted by Crippen LogP contribution is 2.51. The molecule has 1 aromatic carbocycles. The van der Waals surface area contributed by atoms with E-state index in [-0.39, 0.29) is 16.0 Å². The molecule has 2 unspecified atom stereocenters. The van der Waals surface area contributed by atoms with Gasteiger partial charge in [-0.05, 0) is 74.4 Å². The first-order valence-electron chi connectivity index (χ1n) is 11.1. The third kappa shape index (κ3) is 5.46. The molecule has 2 aliphatic rings. The minimum Gasteiger partial charge on any atom is -0.341 e. The Hall–Kier alpha value is -0.0700. The van der Waals surface area contributed by atoms with Crippen molar-refractivity contribution in [2.45, 2.75) is 68.5 Å². The Bertz CT molecular complexity index is 716. The van der Waals surface area contributed by atoms with Gasteiger partial charge in [-0.2, -0.15) is 0 Å². The number of hydrogen-bond acceptors (Lipinski definition) is 4. The van der Waals surface area contributed by atoms with Gasteiger partial charge in [0.1, 0.15) is 0 Å². The molecule has 1 saturated heterocycles. The molecule has 0 bridgehead atoms. The predicted octanol–water partition coefficient (Wildman–Crippen LogP) is 6.21. The Morgan fingerprint density at radius 1 is 1.13 bits per heavy atom. The monoisotopic (exact) mass is 488 g/mol. The summed E-state index contributed by atoms with van der Waals surface area (Å²) >= 11 is 16.4. The van der Waals surface area contributed by atoms with E-state index in [1.54, 1.807) is 6.07 Å². The lowest BCUT2D eigenvalue weighted by Gasteiger charge is -2.53. The molecule has 168 valence electrons. The summed E-state index contributed by atoms with van der Waals surface area (Å²) in [5.74, 6) is 2.40. The van der Waals surface area contributed by atoms with E-state index in [1.165, 1.54) is 25.7 Å². The molecule has 1 saturated carbocycles. The molecule has 2 atom stereocenters. The molecule has 1 heterocycles.